The van der Waals surface area contributed by atoms with Crippen LogP contribution in [0.2, 0.25) is 0 Å². The molecule has 0 radical (unpaired) electrons. The predicted molar refractivity (Wildman–Crippen MR) is 145 cm³/mol. The van der Waals surface area contributed by atoms with Gasteiger partial charge in [-0.2, -0.15) is 9.48 Å². The van der Waals surface area contributed by atoms with Gasteiger partial charge in [0.25, 0.3) is 5.56 Å². The van der Waals surface area contributed by atoms with Crippen molar-refractivity contribution >= 4 is 24.5 Å². The van der Waals surface area contributed by atoms with Crippen molar-refractivity contribution in [3.05, 3.63) is 75.3 Å². The number of halogens is 1. The van der Waals surface area contributed by atoms with Crippen LogP contribution in [0.3, 0.4) is 0 Å². The maximum Gasteiger partial charge on any atom is 0.459 e. The van der Waals surface area contributed by atoms with Gasteiger partial charge in [0.2, 0.25) is 5.82 Å². The fourth-order valence-corrected chi connectivity index (χ4v) is 6.46. The summed E-state index contributed by atoms with van der Waals surface area (Å²) in [5.74, 6) is -1.58. The Bertz CT molecular complexity index is 1570. The van der Waals surface area contributed by atoms with Gasteiger partial charge in [-0.25, -0.2) is 9.36 Å². The number of ether oxygens (including phenoxy) is 2. The molecule has 3 aromatic rings. The minimum atomic E-state index is -4.31. The van der Waals surface area contributed by atoms with E-state index < -0.39 is 61.9 Å². The number of benzene rings is 2. The monoisotopic (exact) mass is 591 g/mol. The molecule has 14 heteroatoms. The summed E-state index contributed by atoms with van der Waals surface area (Å²) in [5.41, 5.74) is -2.10. The summed E-state index contributed by atoms with van der Waals surface area (Å²) in [5, 5.41) is 14.7. The van der Waals surface area contributed by atoms with Gasteiger partial charge in [0.15, 0.2) is 0 Å². The van der Waals surface area contributed by atoms with E-state index in [2.05, 4.69) is 5.09 Å². The van der Waals surface area contributed by atoms with Crippen LogP contribution in [-0.2, 0) is 23.4 Å². The maximum atomic E-state index is 14.1. The Morgan fingerprint density at radius 2 is 1.95 bits per heavy atom. The van der Waals surface area contributed by atoms with Crippen LogP contribution in [0, 0.1) is 5.82 Å². The van der Waals surface area contributed by atoms with Crippen molar-refractivity contribution in [2.24, 2.45) is 0 Å². The number of hydrogen-bond acceptors (Lipinski definition) is 9. The number of fused-ring (bicyclic) bond motifs is 1. The number of aromatic amines is 1. The zero-order valence-corrected chi connectivity index (χ0v) is 23.1. The van der Waals surface area contributed by atoms with Gasteiger partial charge >= 0.3 is 19.4 Å². The molecule has 0 bridgehead atoms. The smallest absolute Gasteiger partial charge is 0.459 e. The summed E-state index contributed by atoms with van der Waals surface area (Å²) in [6, 6.07) is 11.4. The first-order valence-electron chi connectivity index (χ1n) is 13.4. The van der Waals surface area contributed by atoms with E-state index in [1.807, 2.05) is 23.2 Å². The Labute approximate surface area is 234 Å². The fourth-order valence-electron chi connectivity index (χ4n) is 4.94. The molecule has 5 rings (SSSR count). The van der Waals surface area contributed by atoms with Gasteiger partial charge in [0, 0.05) is 11.8 Å². The fraction of sp³-hybridized carbons (Fsp3) is 0.444. The van der Waals surface area contributed by atoms with Gasteiger partial charge in [0.1, 0.15) is 30.2 Å². The van der Waals surface area contributed by atoms with Crippen LogP contribution in [0.15, 0.2) is 58.3 Å². The van der Waals surface area contributed by atoms with Crippen molar-refractivity contribution in [1.82, 2.24) is 14.6 Å². The summed E-state index contributed by atoms with van der Waals surface area (Å²) < 4.78 is 51.5. The second-order valence-corrected chi connectivity index (χ2v) is 11.8. The third-order valence-electron chi connectivity index (χ3n) is 7.11. The van der Waals surface area contributed by atoms with Crippen LogP contribution in [-0.4, -0.2) is 51.6 Å². The van der Waals surface area contributed by atoms with E-state index in [0.29, 0.717) is 11.6 Å². The quantitative estimate of drug-likeness (QED) is 0.236. The number of aliphatic hydroxyl groups is 1. The number of rotatable bonds is 10. The average molecular weight is 592 g/mol. The highest BCUT2D eigenvalue weighted by atomic mass is 31.2. The Morgan fingerprint density at radius 3 is 2.73 bits per heavy atom. The Morgan fingerprint density at radius 1 is 1.22 bits per heavy atom. The van der Waals surface area contributed by atoms with Gasteiger partial charge in [-0.05, 0) is 44.1 Å². The van der Waals surface area contributed by atoms with E-state index in [1.54, 1.807) is 24.3 Å². The molecule has 5 unspecified atom stereocenters. The van der Waals surface area contributed by atoms with E-state index in [4.69, 9.17) is 18.5 Å². The summed E-state index contributed by atoms with van der Waals surface area (Å²) >= 11 is 0. The third kappa shape index (κ3) is 6.77. The lowest BCUT2D eigenvalue weighted by atomic mass is 10.1. The predicted octanol–water partition coefficient (Wildman–Crippen LogP) is 3.14. The first kappa shape index (κ1) is 29.2. The molecule has 0 spiro atoms. The number of carbonyl (C=O) groups is 1. The zero-order chi connectivity index (χ0) is 29.1. The third-order valence-corrected chi connectivity index (χ3v) is 8.74. The van der Waals surface area contributed by atoms with Crippen molar-refractivity contribution in [3.8, 4) is 5.75 Å². The number of nitrogens with one attached hydrogen (secondary N) is 2. The van der Waals surface area contributed by atoms with Crippen molar-refractivity contribution in [3.63, 3.8) is 0 Å². The van der Waals surface area contributed by atoms with Gasteiger partial charge in [-0.15, -0.1) is 0 Å². The molecule has 2 aliphatic rings. The molecule has 5 atom stereocenters. The van der Waals surface area contributed by atoms with E-state index in [0.717, 1.165) is 35.6 Å². The van der Waals surface area contributed by atoms with Gasteiger partial charge in [-0.3, -0.25) is 23.7 Å². The normalized spacial score (nSPS) is 23.3. The molecule has 220 valence electrons. The van der Waals surface area contributed by atoms with Gasteiger partial charge < -0.3 is 19.1 Å². The Balaban J connectivity index is 1.34. The minimum Gasteiger partial charge on any atom is -0.461 e. The second-order valence-electron chi connectivity index (χ2n) is 10.1. The van der Waals surface area contributed by atoms with Crippen molar-refractivity contribution in [1.29, 1.82) is 0 Å². The number of carbonyl (C=O) groups excluding carboxylic acids is 1. The lowest BCUT2D eigenvalue weighted by molar-refractivity contribution is -0.150. The molecule has 12 nitrogen and oxygen atoms in total. The van der Waals surface area contributed by atoms with Crippen molar-refractivity contribution < 1.29 is 37.4 Å². The molecule has 41 heavy (non-hydrogen) atoms. The molecule has 1 aliphatic carbocycles. The van der Waals surface area contributed by atoms with Crippen LogP contribution < -0.4 is 20.9 Å². The standard InChI is InChI=1S/C27H31FN3O9P/c1-16(26(34)38-18-9-3-4-10-18)30-41(36,40-22-12-6-8-17-7-2-5-11-19(17)22)37-15-23-21(32)13-24(39-23)31-14-20(28)25(33)29-27(31)35/h2,5-8,11-12,14,16,18,21,23-24,32H,3-4,9-10,13,15H2,1H3,(H,30,36)(H,29,33,35). The average Bonchev–Trinajstić information content (AvgIpc) is 3.59. The molecular formula is C27H31FN3O9P. The second kappa shape index (κ2) is 12.3. The minimum absolute atomic E-state index is 0.133. The topological polar surface area (TPSA) is 158 Å². The van der Waals surface area contributed by atoms with Crippen LogP contribution >= 0.6 is 7.75 Å². The van der Waals surface area contributed by atoms with Crippen molar-refractivity contribution in [2.75, 3.05) is 6.61 Å². The number of esters is 1. The maximum absolute atomic E-state index is 14.1. The van der Waals surface area contributed by atoms with E-state index in [1.165, 1.54) is 6.92 Å². The highest BCUT2D eigenvalue weighted by Gasteiger charge is 2.40. The summed E-state index contributed by atoms with van der Waals surface area (Å²) in [4.78, 5) is 38.1. The number of nitrogens with zero attached hydrogens (tertiary/aromatic N) is 1. The zero-order valence-electron chi connectivity index (χ0n) is 22.2. The van der Waals surface area contributed by atoms with E-state index in [-0.39, 0.29) is 18.3 Å². The molecule has 1 saturated heterocycles. The van der Waals surface area contributed by atoms with Crippen LogP contribution in [0.25, 0.3) is 10.8 Å². The summed E-state index contributed by atoms with van der Waals surface area (Å²) in [7, 11) is -4.31. The molecule has 2 fully saturated rings. The molecule has 1 aliphatic heterocycles. The first-order chi connectivity index (χ1) is 19.6. The Kier molecular flexibility index (Phi) is 8.71. The summed E-state index contributed by atoms with van der Waals surface area (Å²) in [6.45, 7) is 1.01. The number of aliphatic hydroxyl groups excluding tert-OH is 1. The molecule has 1 saturated carbocycles. The van der Waals surface area contributed by atoms with Gasteiger partial charge in [-0.1, -0.05) is 36.4 Å². The lowest BCUT2D eigenvalue weighted by Gasteiger charge is -2.25. The van der Waals surface area contributed by atoms with E-state index in [9.17, 15) is 28.4 Å². The SMILES string of the molecule is CC(NP(=O)(OCC1OC(n2cc(F)c(=O)[nH]c2=O)CC1O)Oc1cccc2ccccc12)C(=O)OC1CCCC1. The first-order valence-corrected chi connectivity index (χ1v) is 14.9. The summed E-state index contributed by atoms with van der Waals surface area (Å²) in [6.07, 6.45) is 0.393. The highest BCUT2D eigenvalue weighted by molar-refractivity contribution is 7.52. The van der Waals surface area contributed by atoms with Crippen molar-refractivity contribution in [2.45, 2.75) is 69.6 Å². The molecule has 3 N–H and O–H groups in total. The lowest BCUT2D eigenvalue weighted by Crippen LogP contribution is -2.37. The molecular weight excluding hydrogens is 560 g/mol. The van der Waals surface area contributed by atoms with Crippen LogP contribution in [0.5, 0.6) is 5.75 Å². The Hall–Kier alpha value is -3.35. The van der Waals surface area contributed by atoms with E-state index >= 15 is 0 Å². The molecule has 0 amide bonds. The molecule has 2 heterocycles. The van der Waals surface area contributed by atoms with Crippen LogP contribution in [0.4, 0.5) is 4.39 Å². The number of H-pyrrole nitrogens is 1. The van der Waals surface area contributed by atoms with Gasteiger partial charge in [0.05, 0.1) is 18.9 Å². The largest absolute Gasteiger partial charge is 0.461 e. The molecule has 1 aromatic heterocycles. The number of hydrogen-bond donors (Lipinski definition) is 3. The molecule has 2 aromatic carbocycles. The number of aromatic nitrogens is 2. The highest BCUT2D eigenvalue weighted by Crippen LogP contribution is 2.47. The van der Waals surface area contributed by atoms with Crippen LogP contribution in [0.1, 0.15) is 45.3 Å².